The Hall–Kier alpha value is -0.894. The Bertz CT molecular complexity index is 430. The number of hydrogen-bond acceptors (Lipinski definition) is 1. The Morgan fingerprint density at radius 2 is 1.79 bits per heavy atom. The average molecular weight is 314 g/mol. The van der Waals surface area contributed by atoms with E-state index < -0.39 is 8.07 Å². The topological polar surface area (TPSA) is 23.1 Å². The van der Waals surface area contributed by atoms with E-state index in [4.69, 9.17) is 0 Å². The second-order valence-corrected chi connectivity index (χ2v) is 11.2. The molecule has 0 saturated carbocycles. The molecule has 0 radical (unpaired) electrons. The minimum absolute atomic E-state index is 0. The van der Waals surface area contributed by atoms with Gasteiger partial charge in [-0.15, -0.1) is 5.76 Å². The predicted octanol–water partition coefficient (Wildman–Crippen LogP) is 3.57. The van der Waals surface area contributed by atoms with Crippen molar-refractivity contribution in [2.45, 2.75) is 32.6 Å². The monoisotopic (exact) mass is 314 g/mol. The van der Waals surface area contributed by atoms with E-state index >= 15 is 0 Å². The van der Waals surface area contributed by atoms with Crippen molar-refractivity contribution in [3.05, 3.63) is 65.5 Å². The van der Waals surface area contributed by atoms with Crippen LogP contribution in [0.1, 0.15) is 12.5 Å². The summed E-state index contributed by atoms with van der Waals surface area (Å²) in [5, 5.41) is 10.5. The van der Waals surface area contributed by atoms with Crippen LogP contribution in [-0.2, 0) is 23.1 Å². The minimum atomic E-state index is -0.862. The van der Waals surface area contributed by atoms with Gasteiger partial charge in [0.25, 0.3) is 0 Å². The summed E-state index contributed by atoms with van der Waals surface area (Å²) in [5.41, 5.74) is 2.31. The molecule has 0 saturated heterocycles. The summed E-state index contributed by atoms with van der Waals surface area (Å²) in [4.78, 5) is 0. The first-order valence-electron chi connectivity index (χ1n) is 6.32. The van der Waals surface area contributed by atoms with Gasteiger partial charge in [-0.1, -0.05) is 56.9 Å². The van der Waals surface area contributed by atoms with Gasteiger partial charge in [0.05, 0.1) is 0 Å². The SMILES string of the molecule is CC([O-])=C1C=CC=C1.C[Si](C)(C)Cc1ccc[cH-]1.[Fe+2]. The molecule has 1 aliphatic carbocycles. The largest absolute Gasteiger partial charge is 2.00 e. The molecule has 0 amide bonds. The second-order valence-electron chi connectivity index (χ2n) is 5.76. The van der Waals surface area contributed by atoms with E-state index in [1.807, 2.05) is 24.3 Å². The van der Waals surface area contributed by atoms with E-state index in [1.165, 1.54) is 11.6 Å². The molecular weight excluding hydrogens is 292 g/mol. The van der Waals surface area contributed by atoms with E-state index in [9.17, 15) is 5.11 Å². The van der Waals surface area contributed by atoms with Crippen LogP contribution in [0.3, 0.4) is 0 Å². The quantitative estimate of drug-likeness (QED) is 0.465. The third-order valence-corrected chi connectivity index (χ3v) is 4.00. The smallest absolute Gasteiger partial charge is 0.875 e. The zero-order valence-corrected chi connectivity index (χ0v) is 14.2. The van der Waals surface area contributed by atoms with Gasteiger partial charge in [0.1, 0.15) is 0 Å². The summed E-state index contributed by atoms with van der Waals surface area (Å²) in [5.74, 6) is 0.134. The first kappa shape index (κ1) is 18.1. The van der Waals surface area contributed by atoms with Crippen molar-refractivity contribution in [2.75, 3.05) is 0 Å². The van der Waals surface area contributed by atoms with Crippen LogP contribution in [0, 0.1) is 0 Å². The Morgan fingerprint density at radius 1 is 1.21 bits per heavy atom. The summed E-state index contributed by atoms with van der Waals surface area (Å²) in [6.07, 6.45) is 7.33. The van der Waals surface area contributed by atoms with Gasteiger partial charge in [-0.25, -0.2) is 12.1 Å². The first-order valence-corrected chi connectivity index (χ1v) is 10.0. The van der Waals surface area contributed by atoms with Crippen molar-refractivity contribution in [1.29, 1.82) is 0 Å². The van der Waals surface area contributed by atoms with Gasteiger partial charge in [-0.3, -0.25) is 0 Å². The summed E-state index contributed by atoms with van der Waals surface area (Å²) in [7, 11) is -0.862. The van der Waals surface area contributed by atoms with Crippen LogP contribution >= 0.6 is 0 Å². The molecule has 104 valence electrons. The Balaban J connectivity index is 0.000000331. The van der Waals surface area contributed by atoms with E-state index in [2.05, 4.69) is 43.9 Å². The zero-order chi connectivity index (χ0) is 13.6. The van der Waals surface area contributed by atoms with Crippen LogP contribution in [0.25, 0.3) is 0 Å². The second kappa shape index (κ2) is 8.31. The normalized spacial score (nSPS) is 12.7. The molecule has 1 nitrogen and oxygen atoms in total. The standard InChI is InChI=1S/C9H15Si.C7H8O.Fe/c1-10(2,3)8-9-6-4-5-7-9;1-6(8)7-4-2-3-5-7;/h4-7H,8H2,1-3H3;2-5,8H,1H3;/q-1;;+2/p-1. The molecule has 0 fully saturated rings. The fourth-order valence-electron chi connectivity index (χ4n) is 1.75. The molecule has 0 spiro atoms. The number of rotatable bonds is 2. The Morgan fingerprint density at radius 3 is 2.11 bits per heavy atom. The van der Waals surface area contributed by atoms with Crippen LogP contribution in [-0.4, -0.2) is 8.07 Å². The van der Waals surface area contributed by atoms with Crippen molar-refractivity contribution >= 4 is 8.07 Å². The Kier molecular flexibility index (Phi) is 7.92. The molecule has 0 heterocycles. The molecule has 0 aliphatic heterocycles. The van der Waals surface area contributed by atoms with Crippen molar-refractivity contribution in [3.8, 4) is 0 Å². The molecule has 1 aromatic carbocycles. The molecule has 3 heteroatoms. The van der Waals surface area contributed by atoms with Crippen LogP contribution < -0.4 is 5.11 Å². The molecule has 1 aromatic rings. The number of allylic oxidation sites excluding steroid dienone is 6. The predicted molar refractivity (Wildman–Crippen MR) is 80.1 cm³/mol. The maximum Gasteiger partial charge on any atom is 2.00 e. The molecule has 19 heavy (non-hydrogen) atoms. The molecule has 0 bridgehead atoms. The van der Waals surface area contributed by atoms with Gasteiger partial charge >= 0.3 is 17.1 Å². The third kappa shape index (κ3) is 7.99. The maximum atomic E-state index is 10.5. The maximum absolute atomic E-state index is 10.5. The van der Waals surface area contributed by atoms with E-state index in [0.717, 1.165) is 5.57 Å². The first-order chi connectivity index (χ1) is 8.38. The van der Waals surface area contributed by atoms with Crippen LogP contribution in [0.4, 0.5) is 0 Å². The minimum Gasteiger partial charge on any atom is -0.875 e. The fraction of sp³-hybridized carbons (Fsp3) is 0.312. The summed E-state index contributed by atoms with van der Waals surface area (Å²) in [6.45, 7) is 8.77. The van der Waals surface area contributed by atoms with Crippen LogP contribution in [0.5, 0.6) is 0 Å². The van der Waals surface area contributed by atoms with Gasteiger partial charge in [-0.2, -0.15) is 17.7 Å². The fourth-order valence-corrected chi connectivity index (χ4v) is 3.21. The average Bonchev–Trinajstić information content (AvgIpc) is 2.85. The van der Waals surface area contributed by atoms with E-state index in [0.29, 0.717) is 0 Å². The van der Waals surface area contributed by atoms with Gasteiger partial charge in [-0.05, 0) is 5.57 Å². The summed E-state index contributed by atoms with van der Waals surface area (Å²) >= 11 is 0. The Labute approximate surface area is 128 Å². The van der Waals surface area contributed by atoms with Crippen molar-refractivity contribution in [3.63, 3.8) is 0 Å². The van der Waals surface area contributed by atoms with Gasteiger partial charge in [0, 0.05) is 8.07 Å². The van der Waals surface area contributed by atoms with Gasteiger partial charge in [0.2, 0.25) is 0 Å². The zero-order valence-electron chi connectivity index (χ0n) is 12.1. The van der Waals surface area contributed by atoms with Crippen molar-refractivity contribution in [2.24, 2.45) is 0 Å². The molecule has 2 rings (SSSR count). The molecule has 1 aliphatic rings. The molecule has 0 N–H and O–H groups in total. The number of hydrogen-bond donors (Lipinski definition) is 0. The van der Waals surface area contributed by atoms with E-state index in [1.54, 1.807) is 6.92 Å². The molecular formula is C16H22FeOSi. The van der Waals surface area contributed by atoms with Crippen LogP contribution in [0.2, 0.25) is 19.6 Å². The van der Waals surface area contributed by atoms with Gasteiger partial charge < -0.3 is 5.11 Å². The van der Waals surface area contributed by atoms with Crippen LogP contribution in [0.15, 0.2) is 59.9 Å². The van der Waals surface area contributed by atoms with Gasteiger partial charge in [0.15, 0.2) is 0 Å². The molecule has 0 atom stereocenters. The molecule has 0 aromatic heterocycles. The van der Waals surface area contributed by atoms with Crippen molar-refractivity contribution in [1.82, 2.24) is 0 Å². The summed E-state index contributed by atoms with van der Waals surface area (Å²) in [6, 6.07) is 10.0. The molecule has 0 unspecified atom stereocenters. The third-order valence-electron chi connectivity index (χ3n) is 2.54. The van der Waals surface area contributed by atoms with Crippen molar-refractivity contribution < 1.29 is 22.2 Å². The van der Waals surface area contributed by atoms with E-state index in [-0.39, 0.29) is 22.8 Å². The summed E-state index contributed by atoms with van der Waals surface area (Å²) < 4.78 is 0.